The largest absolute Gasteiger partial charge is 0.449 e. The Balaban J connectivity index is 2.12. The molecule has 1 N–H and O–H groups in total. The second kappa shape index (κ2) is 7.35. The number of alkyl halides is 6. The van der Waals surface area contributed by atoms with Crippen molar-refractivity contribution in [2.75, 3.05) is 0 Å². The van der Waals surface area contributed by atoms with E-state index in [1.807, 2.05) is 4.98 Å². The Hall–Kier alpha value is -3.15. The van der Waals surface area contributed by atoms with Gasteiger partial charge < -0.3 is 9.72 Å². The number of nitrogens with zero attached hydrogens (tertiary/aromatic N) is 3. The molecule has 3 aromatic rings. The van der Waals surface area contributed by atoms with Gasteiger partial charge in [-0.1, -0.05) is 11.6 Å². The Morgan fingerprint density at radius 3 is 2.34 bits per heavy atom. The van der Waals surface area contributed by atoms with E-state index in [-0.39, 0.29) is 5.69 Å². The van der Waals surface area contributed by atoms with E-state index in [0.717, 1.165) is 12.1 Å². The highest BCUT2D eigenvalue weighted by molar-refractivity contribution is 6.31. The Labute approximate surface area is 162 Å². The molecule has 2 aromatic heterocycles. The van der Waals surface area contributed by atoms with E-state index in [2.05, 4.69) is 15.2 Å². The summed E-state index contributed by atoms with van der Waals surface area (Å²) in [6.45, 7) is 0. The normalized spacial score (nSPS) is 12.1. The van der Waals surface area contributed by atoms with Gasteiger partial charge in [0.2, 0.25) is 5.75 Å². The summed E-state index contributed by atoms with van der Waals surface area (Å²) < 4.78 is 83.9. The lowest BCUT2D eigenvalue weighted by atomic mass is 10.2. The van der Waals surface area contributed by atoms with Crippen LogP contribution in [0.2, 0.25) is 5.02 Å². The van der Waals surface area contributed by atoms with Gasteiger partial charge >= 0.3 is 12.4 Å². The molecule has 0 aliphatic rings. The zero-order valence-corrected chi connectivity index (χ0v) is 14.5. The molecule has 2 heterocycles. The molecular formula is C16H7ClF6N4O2. The molecule has 0 aliphatic heterocycles. The van der Waals surface area contributed by atoms with Crippen LogP contribution in [0.25, 0.3) is 11.5 Å². The van der Waals surface area contributed by atoms with Gasteiger partial charge in [-0.15, -0.1) is 5.10 Å². The summed E-state index contributed by atoms with van der Waals surface area (Å²) in [7, 11) is 0. The predicted octanol–water partition coefficient (Wildman–Crippen LogP) is 4.71. The summed E-state index contributed by atoms with van der Waals surface area (Å²) >= 11 is 5.46. The number of nitrogens with one attached hydrogen (secondary N) is 1. The van der Waals surface area contributed by atoms with Gasteiger partial charge in [-0.25, -0.2) is 4.98 Å². The van der Waals surface area contributed by atoms with Crippen molar-refractivity contribution in [1.82, 2.24) is 20.2 Å². The number of halogens is 7. The maximum atomic E-state index is 13.4. The summed E-state index contributed by atoms with van der Waals surface area (Å²) in [4.78, 5) is 17.6. The highest BCUT2D eigenvalue weighted by Crippen LogP contribution is 2.39. The van der Waals surface area contributed by atoms with Crippen molar-refractivity contribution in [3.05, 3.63) is 63.2 Å². The number of hydrogen-bond donors (Lipinski definition) is 1. The molecule has 3 rings (SSSR count). The summed E-state index contributed by atoms with van der Waals surface area (Å²) in [6, 6.07) is 4.64. The van der Waals surface area contributed by atoms with Gasteiger partial charge in [0.05, 0.1) is 10.6 Å². The van der Waals surface area contributed by atoms with Crippen molar-refractivity contribution in [2.24, 2.45) is 0 Å². The van der Waals surface area contributed by atoms with Crippen LogP contribution in [-0.2, 0) is 12.4 Å². The fraction of sp³-hybridized carbons (Fsp3) is 0.125. The molecule has 0 aliphatic carbocycles. The molecule has 0 fully saturated rings. The summed E-state index contributed by atoms with van der Waals surface area (Å²) in [5, 5.41) is 6.33. The van der Waals surface area contributed by atoms with Crippen molar-refractivity contribution in [3.63, 3.8) is 0 Å². The van der Waals surface area contributed by atoms with Crippen molar-refractivity contribution in [1.29, 1.82) is 0 Å². The Morgan fingerprint density at radius 1 is 1.03 bits per heavy atom. The van der Waals surface area contributed by atoms with E-state index in [4.69, 9.17) is 16.3 Å². The number of aromatic amines is 1. The molecule has 0 radical (unpaired) electrons. The topological polar surface area (TPSA) is 80.8 Å². The van der Waals surface area contributed by atoms with E-state index in [1.54, 1.807) is 0 Å². The van der Waals surface area contributed by atoms with Crippen LogP contribution in [0.15, 0.2) is 41.3 Å². The minimum Gasteiger partial charge on any atom is -0.449 e. The summed E-state index contributed by atoms with van der Waals surface area (Å²) in [5.74, 6) is -2.57. The Bertz CT molecular complexity index is 1100. The minimum atomic E-state index is -5.15. The van der Waals surface area contributed by atoms with Gasteiger partial charge in [0.15, 0.2) is 11.5 Å². The Kier molecular flexibility index (Phi) is 5.22. The molecule has 0 amide bonds. The van der Waals surface area contributed by atoms with Crippen LogP contribution in [0.3, 0.4) is 0 Å². The van der Waals surface area contributed by atoms with E-state index in [0.29, 0.717) is 6.07 Å². The van der Waals surface area contributed by atoms with Crippen LogP contribution in [0, 0.1) is 0 Å². The van der Waals surface area contributed by atoms with Crippen molar-refractivity contribution < 1.29 is 31.1 Å². The lowest BCUT2D eigenvalue weighted by molar-refractivity contribution is -0.142. The van der Waals surface area contributed by atoms with E-state index in [9.17, 15) is 31.1 Å². The first-order valence-corrected chi connectivity index (χ1v) is 7.89. The van der Waals surface area contributed by atoms with Gasteiger partial charge in [0.1, 0.15) is 11.4 Å². The van der Waals surface area contributed by atoms with Crippen molar-refractivity contribution in [3.8, 4) is 23.0 Å². The highest BCUT2D eigenvalue weighted by Gasteiger charge is 2.39. The van der Waals surface area contributed by atoms with E-state index >= 15 is 0 Å². The molecule has 0 saturated carbocycles. The van der Waals surface area contributed by atoms with Gasteiger partial charge in [-0.3, -0.25) is 4.79 Å². The quantitative estimate of drug-likeness (QED) is 0.601. The lowest BCUT2D eigenvalue weighted by Gasteiger charge is -2.15. The third-order valence-corrected chi connectivity index (χ3v) is 3.75. The van der Waals surface area contributed by atoms with Gasteiger partial charge in [-0.05, 0) is 30.3 Å². The fourth-order valence-corrected chi connectivity index (χ4v) is 2.43. The molecule has 29 heavy (non-hydrogen) atoms. The zero-order chi connectivity index (χ0) is 21.4. The van der Waals surface area contributed by atoms with Crippen LogP contribution in [-0.4, -0.2) is 20.2 Å². The predicted molar refractivity (Wildman–Crippen MR) is 87.4 cm³/mol. The summed E-state index contributed by atoms with van der Waals surface area (Å²) in [5.41, 5.74) is -4.62. The minimum absolute atomic E-state index is 0.160. The third kappa shape index (κ3) is 4.47. The number of benzene rings is 1. The molecule has 0 spiro atoms. The maximum absolute atomic E-state index is 13.4. The van der Waals surface area contributed by atoms with Crippen molar-refractivity contribution in [2.45, 2.75) is 12.4 Å². The fourth-order valence-electron chi connectivity index (χ4n) is 2.20. The molecule has 13 heteroatoms. The van der Waals surface area contributed by atoms with Crippen LogP contribution >= 0.6 is 11.6 Å². The number of hydrogen-bond acceptors (Lipinski definition) is 5. The first-order chi connectivity index (χ1) is 13.5. The first kappa shape index (κ1) is 20.6. The molecule has 1 aromatic carbocycles. The molecule has 0 bridgehead atoms. The zero-order valence-electron chi connectivity index (χ0n) is 13.8. The van der Waals surface area contributed by atoms with E-state index < -0.39 is 51.5 Å². The third-order valence-electron chi connectivity index (χ3n) is 3.42. The molecule has 152 valence electrons. The second-order valence-corrected chi connectivity index (χ2v) is 5.85. The molecule has 6 nitrogen and oxygen atoms in total. The maximum Gasteiger partial charge on any atom is 0.437 e. The number of aromatic nitrogens is 4. The molecular weight excluding hydrogens is 430 g/mol. The number of H-pyrrole nitrogens is 1. The van der Waals surface area contributed by atoms with Crippen LogP contribution in [0.4, 0.5) is 26.3 Å². The first-order valence-electron chi connectivity index (χ1n) is 7.51. The molecule has 0 atom stereocenters. The average molecular weight is 437 g/mol. The molecule has 0 unspecified atom stereocenters. The van der Waals surface area contributed by atoms with Gasteiger partial charge in [-0.2, -0.15) is 31.4 Å². The van der Waals surface area contributed by atoms with Crippen LogP contribution < -0.4 is 10.3 Å². The highest BCUT2D eigenvalue weighted by atomic mass is 35.5. The number of rotatable bonds is 3. The van der Waals surface area contributed by atoms with Crippen LogP contribution in [0.5, 0.6) is 11.5 Å². The lowest BCUT2D eigenvalue weighted by Crippen LogP contribution is -2.21. The van der Waals surface area contributed by atoms with Gasteiger partial charge in [0, 0.05) is 6.20 Å². The smallest absolute Gasteiger partial charge is 0.437 e. The van der Waals surface area contributed by atoms with Crippen LogP contribution in [0.1, 0.15) is 11.3 Å². The molecule has 0 saturated heterocycles. The standard InChI is InChI=1S/C16H7ClF6N4O2/c17-9-4-3-7(6-8(9)15(18,19)20)29-11-12(16(21,22)23)25-13(26-14(11)28)10-2-1-5-24-27-10/h1-6H,(H,25,26,28). The number of ether oxygens (including phenoxy) is 1. The van der Waals surface area contributed by atoms with Crippen molar-refractivity contribution >= 4 is 11.6 Å². The SMILES string of the molecule is O=c1[nH]c(-c2cccnn2)nc(C(F)(F)F)c1Oc1ccc(Cl)c(C(F)(F)F)c1. The summed E-state index contributed by atoms with van der Waals surface area (Å²) in [6.07, 6.45) is -8.79. The van der Waals surface area contributed by atoms with E-state index in [1.165, 1.54) is 18.3 Å². The van der Waals surface area contributed by atoms with Gasteiger partial charge in [0.25, 0.3) is 5.56 Å². The Morgan fingerprint density at radius 2 is 1.76 bits per heavy atom. The average Bonchev–Trinajstić information content (AvgIpc) is 2.63. The second-order valence-electron chi connectivity index (χ2n) is 5.44. The monoisotopic (exact) mass is 436 g/mol.